The van der Waals surface area contributed by atoms with Crippen molar-refractivity contribution < 1.29 is 4.79 Å². The minimum absolute atomic E-state index is 0.237. The predicted octanol–water partition coefficient (Wildman–Crippen LogP) is 2.45. The van der Waals surface area contributed by atoms with Crippen LogP contribution in [0.2, 0.25) is 0 Å². The molecule has 1 aromatic carbocycles. The summed E-state index contributed by atoms with van der Waals surface area (Å²) in [6, 6.07) is 8.65. The summed E-state index contributed by atoms with van der Waals surface area (Å²) in [7, 11) is 0. The molecular weight excluding hydrogens is 236 g/mol. The second kappa shape index (κ2) is 4.64. The summed E-state index contributed by atoms with van der Waals surface area (Å²) < 4.78 is 0. The molecule has 3 rings (SSSR count). The van der Waals surface area contributed by atoms with Crippen molar-refractivity contribution >= 4 is 11.6 Å². The van der Waals surface area contributed by atoms with Gasteiger partial charge in [-0.1, -0.05) is 24.6 Å². The first kappa shape index (κ1) is 12.7. The van der Waals surface area contributed by atoms with Crippen molar-refractivity contribution in [2.75, 3.05) is 18.0 Å². The Balaban J connectivity index is 1.87. The normalized spacial score (nSPS) is 25.5. The van der Waals surface area contributed by atoms with Crippen molar-refractivity contribution in [2.45, 2.75) is 44.6 Å². The van der Waals surface area contributed by atoms with Crippen LogP contribution in [0.5, 0.6) is 0 Å². The van der Waals surface area contributed by atoms with Gasteiger partial charge in [-0.3, -0.25) is 4.79 Å². The van der Waals surface area contributed by atoms with E-state index in [0.717, 1.165) is 24.3 Å². The maximum atomic E-state index is 12.7. The number of amides is 1. The molecule has 2 heterocycles. The van der Waals surface area contributed by atoms with Gasteiger partial charge in [0.05, 0.1) is 5.41 Å². The minimum Gasteiger partial charge on any atom is -0.312 e. The molecule has 0 spiro atoms. The average Bonchev–Trinajstić information content (AvgIpc) is 2.62. The van der Waals surface area contributed by atoms with Gasteiger partial charge in [-0.25, -0.2) is 0 Å². The first-order valence-corrected chi connectivity index (χ1v) is 7.25. The largest absolute Gasteiger partial charge is 0.312 e. The van der Waals surface area contributed by atoms with Crippen molar-refractivity contribution in [2.24, 2.45) is 0 Å². The number of nitrogens with one attached hydrogen (secondary N) is 1. The van der Waals surface area contributed by atoms with E-state index in [0.29, 0.717) is 6.04 Å². The summed E-state index contributed by atoms with van der Waals surface area (Å²) in [5.74, 6) is 0.237. The second-order valence-electron chi connectivity index (χ2n) is 6.20. The highest BCUT2D eigenvalue weighted by Crippen LogP contribution is 2.41. The third-order valence-electron chi connectivity index (χ3n) is 4.46. The third kappa shape index (κ3) is 2.06. The van der Waals surface area contributed by atoms with E-state index >= 15 is 0 Å². The molecule has 1 amide bonds. The van der Waals surface area contributed by atoms with Crippen LogP contribution in [0.15, 0.2) is 24.3 Å². The SMILES string of the molecule is CC1(C)C(=O)N(CC2CCCCN2)c2ccccc21. The van der Waals surface area contributed by atoms with Gasteiger partial charge in [0.1, 0.15) is 0 Å². The number of para-hydroxylation sites is 1. The van der Waals surface area contributed by atoms with E-state index in [-0.39, 0.29) is 11.3 Å². The van der Waals surface area contributed by atoms with Gasteiger partial charge in [-0.2, -0.15) is 0 Å². The van der Waals surface area contributed by atoms with E-state index < -0.39 is 0 Å². The lowest BCUT2D eigenvalue weighted by molar-refractivity contribution is -0.122. The quantitative estimate of drug-likeness (QED) is 0.883. The third-order valence-corrected chi connectivity index (χ3v) is 4.46. The highest BCUT2D eigenvalue weighted by atomic mass is 16.2. The van der Waals surface area contributed by atoms with Crippen molar-refractivity contribution in [3.63, 3.8) is 0 Å². The fraction of sp³-hybridized carbons (Fsp3) is 0.562. The summed E-state index contributed by atoms with van der Waals surface area (Å²) in [5.41, 5.74) is 1.88. The van der Waals surface area contributed by atoms with Crippen molar-refractivity contribution in [3.05, 3.63) is 29.8 Å². The molecule has 0 radical (unpaired) electrons. The van der Waals surface area contributed by atoms with Crippen LogP contribution in [0.4, 0.5) is 5.69 Å². The second-order valence-corrected chi connectivity index (χ2v) is 6.20. The molecule has 19 heavy (non-hydrogen) atoms. The molecule has 3 nitrogen and oxygen atoms in total. The summed E-state index contributed by atoms with van der Waals surface area (Å²) in [4.78, 5) is 14.6. The summed E-state index contributed by atoms with van der Waals surface area (Å²) in [6.07, 6.45) is 3.70. The zero-order valence-corrected chi connectivity index (χ0v) is 11.8. The minimum atomic E-state index is -0.384. The molecule has 1 unspecified atom stereocenters. The van der Waals surface area contributed by atoms with Gasteiger partial charge >= 0.3 is 0 Å². The molecule has 3 heteroatoms. The molecule has 0 aromatic heterocycles. The van der Waals surface area contributed by atoms with Gasteiger partial charge in [-0.15, -0.1) is 0 Å². The standard InChI is InChI=1S/C16H22N2O/c1-16(2)13-8-3-4-9-14(13)18(15(16)19)11-12-7-5-6-10-17-12/h3-4,8-9,12,17H,5-7,10-11H2,1-2H3. The highest BCUT2D eigenvalue weighted by Gasteiger charge is 2.43. The number of nitrogens with zero attached hydrogens (tertiary/aromatic N) is 1. The Morgan fingerprint density at radius 3 is 2.84 bits per heavy atom. The van der Waals surface area contributed by atoms with Crippen LogP contribution in [0.1, 0.15) is 38.7 Å². The molecule has 2 aliphatic heterocycles. The number of piperidine rings is 1. The van der Waals surface area contributed by atoms with Crippen LogP contribution in [0, 0.1) is 0 Å². The first-order valence-electron chi connectivity index (χ1n) is 7.25. The monoisotopic (exact) mass is 258 g/mol. The Hall–Kier alpha value is -1.35. The fourth-order valence-corrected chi connectivity index (χ4v) is 3.28. The van der Waals surface area contributed by atoms with Gasteiger partial charge < -0.3 is 10.2 Å². The van der Waals surface area contributed by atoms with E-state index in [9.17, 15) is 4.79 Å². The van der Waals surface area contributed by atoms with Crippen LogP contribution < -0.4 is 10.2 Å². The lowest BCUT2D eigenvalue weighted by Gasteiger charge is -2.29. The molecule has 1 N–H and O–H groups in total. The number of rotatable bonds is 2. The molecule has 1 atom stereocenters. The van der Waals surface area contributed by atoms with Crippen molar-refractivity contribution in [1.29, 1.82) is 0 Å². The molecule has 0 saturated carbocycles. The Kier molecular flexibility index (Phi) is 3.09. The predicted molar refractivity (Wildman–Crippen MR) is 77.5 cm³/mol. The Labute approximate surface area is 115 Å². The van der Waals surface area contributed by atoms with Crippen LogP contribution in [0.25, 0.3) is 0 Å². The molecule has 102 valence electrons. The summed E-state index contributed by atoms with van der Waals surface area (Å²) in [5, 5.41) is 3.53. The summed E-state index contributed by atoms with van der Waals surface area (Å²) in [6.45, 7) is 5.95. The van der Waals surface area contributed by atoms with Gasteiger partial charge in [0.25, 0.3) is 0 Å². The van der Waals surface area contributed by atoms with Gasteiger partial charge in [0, 0.05) is 18.3 Å². The van der Waals surface area contributed by atoms with Gasteiger partial charge in [0.2, 0.25) is 5.91 Å². The Bertz CT molecular complexity index is 489. The van der Waals surface area contributed by atoms with Crippen molar-refractivity contribution in [3.8, 4) is 0 Å². The lowest BCUT2D eigenvalue weighted by Crippen LogP contribution is -2.46. The van der Waals surface area contributed by atoms with Gasteiger partial charge in [-0.05, 0) is 44.9 Å². The van der Waals surface area contributed by atoms with E-state index in [4.69, 9.17) is 0 Å². The smallest absolute Gasteiger partial charge is 0.237 e. The maximum Gasteiger partial charge on any atom is 0.237 e. The molecular formula is C16H22N2O. The number of hydrogen-bond acceptors (Lipinski definition) is 2. The van der Waals surface area contributed by atoms with Crippen LogP contribution >= 0.6 is 0 Å². The van der Waals surface area contributed by atoms with E-state index in [1.807, 2.05) is 30.9 Å². The number of fused-ring (bicyclic) bond motifs is 1. The van der Waals surface area contributed by atoms with Gasteiger partial charge in [0.15, 0.2) is 0 Å². The Morgan fingerprint density at radius 1 is 1.32 bits per heavy atom. The maximum absolute atomic E-state index is 12.7. The molecule has 1 fully saturated rings. The number of hydrogen-bond donors (Lipinski definition) is 1. The average molecular weight is 258 g/mol. The van der Waals surface area contributed by atoms with Crippen LogP contribution in [-0.4, -0.2) is 25.0 Å². The number of carbonyl (C=O) groups excluding carboxylic acids is 1. The molecule has 0 bridgehead atoms. The highest BCUT2D eigenvalue weighted by molar-refractivity contribution is 6.07. The number of anilines is 1. The molecule has 1 saturated heterocycles. The number of carbonyl (C=O) groups is 1. The zero-order valence-electron chi connectivity index (χ0n) is 11.8. The molecule has 2 aliphatic rings. The topological polar surface area (TPSA) is 32.3 Å². The first-order chi connectivity index (χ1) is 9.10. The van der Waals surface area contributed by atoms with E-state index in [1.54, 1.807) is 0 Å². The van der Waals surface area contributed by atoms with Crippen LogP contribution in [0.3, 0.4) is 0 Å². The van der Waals surface area contributed by atoms with E-state index in [2.05, 4.69) is 17.4 Å². The fourth-order valence-electron chi connectivity index (χ4n) is 3.28. The summed E-state index contributed by atoms with van der Waals surface area (Å²) >= 11 is 0. The zero-order chi connectivity index (χ0) is 13.5. The van der Waals surface area contributed by atoms with Crippen LogP contribution in [-0.2, 0) is 10.2 Å². The lowest BCUT2D eigenvalue weighted by atomic mass is 9.86. The number of benzene rings is 1. The molecule has 1 aromatic rings. The van der Waals surface area contributed by atoms with E-state index in [1.165, 1.54) is 19.3 Å². The molecule has 0 aliphatic carbocycles. The Morgan fingerprint density at radius 2 is 2.11 bits per heavy atom. The van der Waals surface area contributed by atoms with Crippen molar-refractivity contribution in [1.82, 2.24) is 5.32 Å².